The molecule has 1 saturated heterocycles. The predicted octanol–water partition coefficient (Wildman–Crippen LogP) is 7.27. The molecule has 3 aromatic carbocycles. The van der Waals surface area contributed by atoms with Gasteiger partial charge in [-0.15, -0.1) is 0 Å². The van der Waals surface area contributed by atoms with E-state index in [1.54, 1.807) is 30.3 Å². The lowest BCUT2D eigenvalue weighted by atomic mass is 10.1. The maximum absolute atomic E-state index is 13.4. The molecular formula is C28H24FIN2O4S2. The van der Waals surface area contributed by atoms with Crippen LogP contribution < -0.4 is 19.7 Å². The normalized spacial score (nSPS) is 14.4. The van der Waals surface area contributed by atoms with E-state index in [1.807, 2.05) is 32.9 Å². The van der Waals surface area contributed by atoms with Crippen LogP contribution in [0.2, 0.25) is 0 Å². The standard InChI is InChI=1S/C28H24FIN2O4S2/c1-4-35-23-13-17(12-22(30)25(23)36-16(2)3)14-24-27(34)32(28(37)38-24)21-7-5-6-18(15-21)26(33)31-20-10-8-19(29)9-11-20/h5-16H,4H2,1-3H3,(H,31,33)/b24-14+. The van der Waals surface area contributed by atoms with E-state index in [9.17, 15) is 14.0 Å². The summed E-state index contributed by atoms with van der Waals surface area (Å²) in [7, 11) is 0. The number of nitrogens with zero attached hydrogens (tertiary/aromatic N) is 1. The summed E-state index contributed by atoms with van der Waals surface area (Å²) < 4.78 is 26.1. The third-order valence-corrected chi connectivity index (χ3v) is 7.35. The summed E-state index contributed by atoms with van der Waals surface area (Å²) in [5.41, 5.74) is 2.05. The Balaban J connectivity index is 1.58. The number of hydrogen-bond acceptors (Lipinski definition) is 6. The van der Waals surface area contributed by atoms with Crippen molar-refractivity contribution in [1.82, 2.24) is 0 Å². The molecule has 1 N–H and O–H groups in total. The predicted molar refractivity (Wildman–Crippen MR) is 163 cm³/mol. The Bertz CT molecular complexity index is 1430. The van der Waals surface area contributed by atoms with Crippen LogP contribution in [-0.4, -0.2) is 28.8 Å². The van der Waals surface area contributed by atoms with E-state index in [4.69, 9.17) is 21.7 Å². The summed E-state index contributed by atoms with van der Waals surface area (Å²) in [6, 6.07) is 15.9. The topological polar surface area (TPSA) is 67.9 Å². The molecule has 0 radical (unpaired) electrons. The van der Waals surface area contributed by atoms with Gasteiger partial charge in [0.25, 0.3) is 11.8 Å². The highest BCUT2D eigenvalue weighted by molar-refractivity contribution is 14.1. The van der Waals surface area contributed by atoms with E-state index < -0.39 is 5.82 Å². The van der Waals surface area contributed by atoms with Crippen LogP contribution in [0.25, 0.3) is 6.08 Å². The second kappa shape index (κ2) is 12.3. The van der Waals surface area contributed by atoms with Crippen LogP contribution in [0, 0.1) is 9.39 Å². The van der Waals surface area contributed by atoms with E-state index in [-0.39, 0.29) is 17.9 Å². The van der Waals surface area contributed by atoms with Crippen molar-refractivity contribution in [2.24, 2.45) is 0 Å². The highest BCUT2D eigenvalue weighted by atomic mass is 127. The Morgan fingerprint density at radius 2 is 1.92 bits per heavy atom. The molecule has 0 bridgehead atoms. The summed E-state index contributed by atoms with van der Waals surface area (Å²) in [5.74, 6) is 0.210. The van der Waals surface area contributed by atoms with Crippen LogP contribution in [0.3, 0.4) is 0 Å². The van der Waals surface area contributed by atoms with Gasteiger partial charge in [-0.1, -0.05) is 30.0 Å². The molecule has 0 saturated carbocycles. The molecule has 10 heteroatoms. The molecule has 4 rings (SSSR count). The Labute approximate surface area is 243 Å². The number of thiocarbonyl (C=S) groups is 1. The second-order valence-corrected chi connectivity index (χ2v) is 11.3. The number of nitrogens with one attached hydrogen (secondary N) is 1. The number of benzene rings is 3. The maximum atomic E-state index is 13.4. The van der Waals surface area contributed by atoms with Crippen molar-refractivity contribution in [3.8, 4) is 11.5 Å². The number of anilines is 2. The van der Waals surface area contributed by atoms with Crippen LogP contribution >= 0.6 is 46.6 Å². The molecule has 0 atom stereocenters. The molecule has 2 amide bonds. The quantitative estimate of drug-likeness (QED) is 0.156. The Hall–Kier alpha value is -2.96. The van der Waals surface area contributed by atoms with Gasteiger partial charge in [0.05, 0.1) is 26.9 Å². The highest BCUT2D eigenvalue weighted by Gasteiger charge is 2.33. The zero-order valence-electron chi connectivity index (χ0n) is 20.8. The van der Waals surface area contributed by atoms with Crippen molar-refractivity contribution < 1.29 is 23.5 Å². The maximum Gasteiger partial charge on any atom is 0.270 e. The summed E-state index contributed by atoms with van der Waals surface area (Å²) in [6.07, 6.45) is 1.76. The SMILES string of the molecule is CCOc1cc(/C=C2/SC(=S)N(c3cccc(C(=O)Nc4ccc(F)cc4)c3)C2=O)cc(I)c1OC(C)C. The zero-order chi connectivity index (χ0) is 27.4. The summed E-state index contributed by atoms with van der Waals surface area (Å²) >= 11 is 8.91. The van der Waals surface area contributed by atoms with Gasteiger partial charge >= 0.3 is 0 Å². The smallest absolute Gasteiger partial charge is 0.270 e. The lowest BCUT2D eigenvalue weighted by Gasteiger charge is -2.17. The molecule has 196 valence electrons. The second-order valence-electron chi connectivity index (χ2n) is 8.46. The van der Waals surface area contributed by atoms with Gasteiger partial charge in [-0.2, -0.15) is 0 Å². The van der Waals surface area contributed by atoms with Gasteiger partial charge in [0.1, 0.15) is 5.82 Å². The molecule has 0 aliphatic carbocycles. The molecule has 0 unspecified atom stereocenters. The molecule has 38 heavy (non-hydrogen) atoms. The van der Waals surface area contributed by atoms with Gasteiger partial charge < -0.3 is 14.8 Å². The van der Waals surface area contributed by atoms with E-state index in [0.29, 0.717) is 44.3 Å². The zero-order valence-corrected chi connectivity index (χ0v) is 24.6. The first-order chi connectivity index (χ1) is 18.2. The molecular weight excluding hydrogens is 638 g/mol. The van der Waals surface area contributed by atoms with Crippen molar-refractivity contribution in [1.29, 1.82) is 0 Å². The minimum absolute atomic E-state index is 0.0154. The number of halogens is 2. The van der Waals surface area contributed by atoms with Crippen molar-refractivity contribution in [3.05, 3.63) is 86.1 Å². The van der Waals surface area contributed by atoms with E-state index in [1.165, 1.54) is 40.9 Å². The van der Waals surface area contributed by atoms with Crippen LogP contribution in [0.1, 0.15) is 36.7 Å². The lowest BCUT2D eigenvalue weighted by Crippen LogP contribution is -2.27. The monoisotopic (exact) mass is 662 g/mol. The van der Waals surface area contributed by atoms with Gasteiger partial charge in [-0.25, -0.2) is 4.39 Å². The van der Waals surface area contributed by atoms with Crippen LogP contribution in [0.15, 0.2) is 65.6 Å². The van der Waals surface area contributed by atoms with E-state index in [2.05, 4.69) is 27.9 Å². The molecule has 1 aliphatic rings. The molecule has 6 nitrogen and oxygen atoms in total. The average Bonchev–Trinajstić information content (AvgIpc) is 3.15. The molecule has 0 spiro atoms. The number of carbonyl (C=O) groups excluding carboxylic acids is 2. The number of rotatable bonds is 8. The van der Waals surface area contributed by atoms with Gasteiger partial charge in [0.15, 0.2) is 15.8 Å². The first kappa shape index (κ1) is 28.1. The van der Waals surface area contributed by atoms with Gasteiger partial charge in [0.2, 0.25) is 0 Å². The van der Waals surface area contributed by atoms with Crippen molar-refractivity contribution in [3.63, 3.8) is 0 Å². The number of ether oxygens (including phenoxy) is 2. The van der Waals surface area contributed by atoms with Crippen LogP contribution in [-0.2, 0) is 4.79 Å². The fourth-order valence-corrected chi connectivity index (χ4v) is 5.70. The molecule has 3 aromatic rings. The number of amides is 2. The minimum atomic E-state index is -0.393. The van der Waals surface area contributed by atoms with Gasteiger partial charge in [-0.3, -0.25) is 14.5 Å². The Kier molecular flexibility index (Phi) is 9.06. The average molecular weight is 663 g/mol. The molecule has 1 aliphatic heterocycles. The summed E-state index contributed by atoms with van der Waals surface area (Å²) in [6.45, 7) is 6.28. The number of hydrogen-bond donors (Lipinski definition) is 1. The number of thioether (sulfide) groups is 1. The van der Waals surface area contributed by atoms with E-state index in [0.717, 1.165) is 9.13 Å². The third kappa shape index (κ3) is 6.54. The van der Waals surface area contributed by atoms with Crippen molar-refractivity contribution in [2.75, 3.05) is 16.8 Å². The van der Waals surface area contributed by atoms with Gasteiger partial charge in [-0.05, 0) is 110 Å². The Morgan fingerprint density at radius 1 is 1.18 bits per heavy atom. The summed E-state index contributed by atoms with van der Waals surface area (Å²) in [5, 5.41) is 2.72. The Morgan fingerprint density at radius 3 is 2.61 bits per heavy atom. The highest BCUT2D eigenvalue weighted by Crippen LogP contribution is 2.39. The minimum Gasteiger partial charge on any atom is -0.490 e. The van der Waals surface area contributed by atoms with Crippen molar-refractivity contribution >= 4 is 80.2 Å². The fraction of sp³-hybridized carbons (Fsp3) is 0.179. The first-order valence-corrected chi connectivity index (χ1v) is 14.0. The number of carbonyl (C=O) groups is 2. The largest absolute Gasteiger partial charge is 0.490 e. The lowest BCUT2D eigenvalue weighted by molar-refractivity contribution is -0.113. The third-order valence-electron chi connectivity index (χ3n) is 5.25. The molecule has 0 aromatic heterocycles. The molecule has 1 fully saturated rings. The fourth-order valence-electron chi connectivity index (χ4n) is 3.65. The summed E-state index contributed by atoms with van der Waals surface area (Å²) in [4.78, 5) is 28.0. The van der Waals surface area contributed by atoms with E-state index >= 15 is 0 Å². The molecule has 1 heterocycles. The van der Waals surface area contributed by atoms with Crippen LogP contribution in [0.4, 0.5) is 15.8 Å². The van der Waals surface area contributed by atoms with Crippen molar-refractivity contribution in [2.45, 2.75) is 26.9 Å². The van der Waals surface area contributed by atoms with Gasteiger partial charge in [0, 0.05) is 11.3 Å². The first-order valence-electron chi connectivity index (χ1n) is 11.7. The van der Waals surface area contributed by atoms with Crippen LogP contribution in [0.5, 0.6) is 11.5 Å².